The van der Waals surface area contributed by atoms with E-state index in [2.05, 4.69) is 4.72 Å². The van der Waals surface area contributed by atoms with Crippen molar-refractivity contribution < 1.29 is 17.6 Å². The Labute approximate surface area is 118 Å². The SMILES string of the molecule is CC(C)(C)SN[C@@H](c1cc(F)c(Cl)cc1F)C(F)F. The van der Waals surface area contributed by atoms with Crippen molar-refractivity contribution in [3.8, 4) is 0 Å². The number of halogens is 5. The second-order valence-corrected chi connectivity index (χ2v) is 7.00. The lowest BCUT2D eigenvalue weighted by atomic mass is 10.1. The summed E-state index contributed by atoms with van der Waals surface area (Å²) in [6, 6.07) is -0.202. The van der Waals surface area contributed by atoms with E-state index in [1.165, 1.54) is 0 Å². The molecule has 1 atom stereocenters. The third-order valence-electron chi connectivity index (χ3n) is 2.12. The highest BCUT2D eigenvalue weighted by molar-refractivity contribution is 7.98. The highest BCUT2D eigenvalue weighted by Crippen LogP contribution is 2.31. The summed E-state index contributed by atoms with van der Waals surface area (Å²) in [5.74, 6) is -1.88. The molecule has 1 nitrogen and oxygen atoms in total. The lowest BCUT2D eigenvalue weighted by Crippen LogP contribution is -2.27. The van der Waals surface area contributed by atoms with Crippen molar-refractivity contribution in [1.82, 2.24) is 4.72 Å². The van der Waals surface area contributed by atoms with Crippen LogP contribution in [0.4, 0.5) is 17.6 Å². The summed E-state index contributed by atoms with van der Waals surface area (Å²) in [5, 5.41) is -0.433. The van der Waals surface area contributed by atoms with E-state index in [9.17, 15) is 17.6 Å². The van der Waals surface area contributed by atoms with Crippen molar-refractivity contribution in [3.63, 3.8) is 0 Å². The van der Waals surface area contributed by atoms with Gasteiger partial charge in [0.1, 0.15) is 17.7 Å². The van der Waals surface area contributed by atoms with Gasteiger partial charge < -0.3 is 0 Å². The fraction of sp³-hybridized carbons (Fsp3) is 0.500. The summed E-state index contributed by atoms with van der Waals surface area (Å²) in [5.41, 5.74) is -0.436. The molecule has 7 heteroatoms. The van der Waals surface area contributed by atoms with Crippen molar-refractivity contribution >= 4 is 23.5 Å². The van der Waals surface area contributed by atoms with Crippen LogP contribution >= 0.6 is 23.5 Å². The van der Waals surface area contributed by atoms with Crippen molar-refractivity contribution in [1.29, 1.82) is 0 Å². The quantitative estimate of drug-likeness (QED) is 0.479. The topological polar surface area (TPSA) is 12.0 Å². The molecular weight excluding hydrogens is 302 g/mol. The molecule has 0 aromatic heterocycles. The average Bonchev–Trinajstić information content (AvgIpc) is 2.23. The summed E-state index contributed by atoms with van der Waals surface area (Å²) in [4.78, 5) is 0. The van der Waals surface area contributed by atoms with Crippen LogP contribution in [-0.2, 0) is 0 Å². The maximum Gasteiger partial charge on any atom is 0.258 e. The zero-order valence-electron chi connectivity index (χ0n) is 10.6. The Kier molecular flexibility index (Phi) is 5.53. The molecule has 0 fully saturated rings. The molecule has 0 aliphatic carbocycles. The van der Waals surface area contributed by atoms with Crippen LogP contribution in [0.15, 0.2) is 12.1 Å². The van der Waals surface area contributed by atoms with Crippen molar-refractivity contribution in [2.75, 3.05) is 0 Å². The van der Waals surface area contributed by atoms with Crippen molar-refractivity contribution in [3.05, 3.63) is 34.4 Å². The normalized spacial score (nSPS) is 13.9. The predicted molar refractivity (Wildman–Crippen MR) is 70.6 cm³/mol. The summed E-state index contributed by atoms with van der Waals surface area (Å²) in [7, 11) is 0. The van der Waals surface area contributed by atoms with Gasteiger partial charge >= 0.3 is 0 Å². The minimum absolute atomic E-state index is 0.339. The summed E-state index contributed by atoms with van der Waals surface area (Å²) in [6.07, 6.45) is -2.87. The minimum atomic E-state index is -2.87. The van der Waals surface area contributed by atoms with Gasteiger partial charge in [-0.2, -0.15) is 0 Å². The lowest BCUT2D eigenvalue weighted by Gasteiger charge is -2.24. The second kappa shape index (κ2) is 6.33. The van der Waals surface area contributed by atoms with Gasteiger partial charge in [-0.15, -0.1) is 0 Å². The maximum absolute atomic E-state index is 13.6. The third-order valence-corrected chi connectivity index (χ3v) is 3.39. The van der Waals surface area contributed by atoms with Gasteiger partial charge in [-0.05, 0) is 32.9 Å². The smallest absolute Gasteiger partial charge is 0.250 e. The van der Waals surface area contributed by atoms with Crippen LogP contribution in [0.25, 0.3) is 0 Å². The standard InChI is InChI=1S/C12H14ClF4NS/c1-12(2,3)19-18-10(11(16)17)6-4-9(15)7(13)5-8(6)14/h4-5,10-11,18H,1-3H3/t10-/m0/s1. The molecule has 1 rings (SSSR count). The van der Waals surface area contributed by atoms with E-state index < -0.39 is 34.7 Å². The molecule has 0 aliphatic heterocycles. The molecule has 0 heterocycles. The number of hydrogen-bond acceptors (Lipinski definition) is 2. The summed E-state index contributed by atoms with van der Waals surface area (Å²) in [6.45, 7) is 5.43. The zero-order valence-corrected chi connectivity index (χ0v) is 12.2. The predicted octanol–water partition coefficient (Wildman–Crippen LogP) is 4.96. The van der Waals surface area contributed by atoms with Gasteiger partial charge in [-0.3, -0.25) is 4.72 Å². The molecule has 0 saturated carbocycles. The van der Waals surface area contributed by atoms with Crippen LogP contribution in [0.3, 0.4) is 0 Å². The van der Waals surface area contributed by atoms with E-state index in [0.717, 1.165) is 11.9 Å². The average molecular weight is 316 g/mol. The molecule has 0 bridgehead atoms. The molecule has 0 unspecified atom stereocenters. The Morgan fingerprint density at radius 3 is 2.21 bits per heavy atom. The van der Waals surface area contributed by atoms with Gasteiger partial charge in [-0.25, -0.2) is 17.6 Å². The largest absolute Gasteiger partial charge is 0.258 e. The van der Waals surface area contributed by atoms with E-state index in [1.807, 2.05) is 20.8 Å². The molecule has 19 heavy (non-hydrogen) atoms. The van der Waals surface area contributed by atoms with Gasteiger partial charge in [0, 0.05) is 10.3 Å². The summed E-state index contributed by atoms with van der Waals surface area (Å²) < 4.78 is 55.0. The first-order valence-electron chi connectivity index (χ1n) is 5.48. The molecule has 0 aliphatic rings. The van der Waals surface area contributed by atoms with Gasteiger partial charge in [-0.1, -0.05) is 23.5 Å². The number of nitrogens with one attached hydrogen (secondary N) is 1. The Bertz CT molecular complexity index is 448. The fourth-order valence-electron chi connectivity index (χ4n) is 1.27. The van der Waals surface area contributed by atoms with Gasteiger partial charge in [0.15, 0.2) is 0 Å². The van der Waals surface area contributed by atoms with Crippen LogP contribution in [0.1, 0.15) is 32.4 Å². The van der Waals surface area contributed by atoms with E-state index in [-0.39, 0.29) is 4.75 Å². The molecule has 0 radical (unpaired) electrons. The zero-order chi connectivity index (χ0) is 14.8. The molecular formula is C12H14ClF4NS. The van der Waals surface area contributed by atoms with Gasteiger partial charge in [0.25, 0.3) is 6.43 Å². The first-order valence-corrected chi connectivity index (χ1v) is 6.67. The first kappa shape index (κ1) is 16.6. The molecule has 0 saturated heterocycles. The highest BCUT2D eigenvalue weighted by Gasteiger charge is 2.28. The molecule has 1 aromatic rings. The molecule has 108 valence electrons. The molecule has 0 spiro atoms. The number of hydrogen-bond donors (Lipinski definition) is 1. The van der Waals surface area contributed by atoms with Crippen molar-refractivity contribution in [2.24, 2.45) is 0 Å². The van der Waals surface area contributed by atoms with E-state index in [0.29, 0.717) is 12.1 Å². The van der Waals surface area contributed by atoms with Crippen molar-refractivity contribution in [2.45, 2.75) is 38.0 Å². The first-order chi connectivity index (χ1) is 8.61. The van der Waals surface area contributed by atoms with Gasteiger partial charge in [0.05, 0.1) is 5.02 Å². The Morgan fingerprint density at radius 1 is 1.16 bits per heavy atom. The van der Waals surface area contributed by atoms with E-state index >= 15 is 0 Å². The van der Waals surface area contributed by atoms with Gasteiger partial charge in [0.2, 0.25) is 0 Å². The minimum Gasteiger partial charge on any atom is -0.250 e. The van der Waals surface area contributed by atoms with Crippen LogP contribution in [-0.4, -0.2) is 11.2 Å². The fourth-order valence-corrected chi connectivity index (χ4v) is 2.13. The molecule has 1 aromatic carbocycles. The van der Waals surface area contributed by atoms with Crippen LogP contribution in [0.2, 0.25) is 5.02 Å². The Hall–Kier alpha value is -0.460. The Balaban J connectivity index is 3.03. The highest BCUT2D eigenvalue weighted by atomic mass is 35.5. The second-order valence-electron chi connectivity index (χ2n) is 4.93. The number of rotatable bonds is 4. The number of benzene rings is 1. The monoisotopic (exact) mass is 315 g/mol. The number of alkyl halides is 2. The third kappa shape index (κ3) is 4.85. The maximum atomic E-state index is 13.6. The molecule has 0 amide bonds. The van der Waals surface area contributed by atoms with E-state index in [1.54, 1.807) is 0 Å². The van der Waals surface area contributed by atoms with Crippen LogP contribution < -0.4 is 4.72 Å². The van der Waals surface area contributed by atoms with Crippen LogP contribution in [0.5, 0.6) is 0 Å². The molecule has 1 N–H and O–H groups in total. The lowest BCUT2D eigenvalue weighted by molar-refractivity contribution is 0.108. The van der Waals surface area contributed by atoms with E-state index in [4.69, 9.17) is 11.6 Å². The summed E-state index contributed by atoms with van der Waals surface area (Å²) >= 11 is 6.42. The van der Waals surface area contributed by atoms with Crippen LogP contribution in [0, 0.1) is 11.6 Å². The Morgan fingerprint density at radius 2 is 1.74 bits per heavy atom.